The van der Waals surface area contributed by atoms with Crippen LogP contribution >= 0.6 is 0 Å². The summed E-state index contributed by atoms with van der Waals surface area (Å²) in [5, 5.41) is 2.53. The third kappa shape index (κ3) is 6.70. The van der Waals surface area contributed by atoms with Crippen LogP contribution in [0.3, 0.4) is 0 Å². The van der Waals surface area contributed by atoms with Gasteiger partial charge in [0.2, 0.25) is 0 Å². The smallest absolute Gasteiger partial charge is 0.325 e. The molecular formula is C23H21NO5. The second-order valence-electron chi connectivity index (χ2n) is 6.00. The number of amides is 1. The fraction of sp³-hybridized carbons (Fsp3) is 0.130. The maximum atomic E-state index is 12.1. The Morgan fingerprint density at radius 3 is 1.93 bits per heavy atom. The summed E-state index contributed by atoms with van der Waals surface area (Å²) in [5.74, 6) is 1.14. The maximum absolute atomic E-state index is 12.1. The molecule has 3 rings (SSSR count). The number of para-hydroxylation sites is 2. The molecule has 0 bridgehead atoms. The van der Waals surface area contributed by atoms with E-state index in [1.54, 1.807) is 24.3 Å². The Morgan fingerprint density at radius 2 is 1.28 bits per heavy atom. The number of benzene rings is 3. The Kier molecular flexibility index (Phi) is 7.23. The van der Waals surface area contributed by atoms with E-state index in [-0.39, 0.29) is 25.7 Å². The quantitative estimate of drug-likeness (QED) is 0.443. The van der Waals surface area contributed by atoms with E-state index in [4.69, 9.17) is 14.2 Å². The molecule has 148 valence electrons. The summed E-state index contributed by atoms with van der Waals surface area (Å²) in [6.45, 7) is 0.133. The van der Waals surface area contributed by atoms with E-state index in [1.807, 2.05) is 60.7 Å². The average molecular weight is 391 g/mol. The third-order valence-corrected chi connectivity index (χ3v) is 3.85. The van der Waals surface area contributed by atoms with Crippen LogP contribution in [0.25, 0.3) is 0 Å². The van der Waals surface area contributed by atoms with Gasteiger partial charge in [0.15, 0.2) is 0 Å². The van der Waals surface area contributed by atoms with Crippen molar-refractivity contribution >= 4 is 11.9 Å². The highest BCUT2D eigenvalue weighted by molar-refractivity contribution is 5.96. The van der Waals surface area contributed by atoms with Gasteiger partial charge in [0, 0.05) is 5.56 Å². The van der Waals surface area contributed by atoms with Crippen LogP contribution < -0.4 is 14.8 Å². The van der Waals surface area contributed by atoms with Gasteiger partial charge in [0.25, 0.3) is 5.91 Å². The van der Waals surface area contributed by atoms with Crippen molar-refractivity contribution < 1.29 is 23.8 Å². The first-order valence-corrected chi connectivity index (χ1v) is 9.15. The van der Waals surface area contributed by atoms with E-state index in [9.17, 15) is 9.59 Å². The Labute approximate surface area is 169 Å². The van der Waals surface area contributed by atoms with Gasteiger partial charge in [-0.15, -0.1) is 0 Å². The van der Waals surface area contributed by atoms with Crippen molar-refractivity contribution in [2.75, 3.05) is 19.8 Å². The van der Waals surface area contributed by atoms with Crippen LogP contribution in [0.15, 0.2) is 84.9 Å². The van der Waals surface area contributed by atoms with Gasteiger partial charge in [-0.25, -0.2) is 0 Å². The summed E-state index contributed by atoms with van der Waals surface area (Å²) in [6.07, 6.45) is 0. The number of rotatable bonds is 9. The number of hydrogen-bond acceptors (Lipinski definition) is 5. The molecule has 0 saturated carbocycles. The fourth-order valence-electron chi connectivity index (χ4n) is 2.44. The summed E-state index contributed by atoms with van der Waals surface area (Å²) < 4.78 is 16.1. The second kappa shape index (κ2) is 10.5. The topological polar surface area (TPSA) is 73.9 Å². The number of nitrogens with one attached hydrogen (secondary N) is 1. The van der Waals surface area contributed by atoms with Crippen molar-refractivity contribution in [3.63, 3.8) is 0 Å². The zero-order valence-electron chi connectivity index (χ0n) is 15.7. The SMILES string of the molecule is O=C(CNC(=O)c1ccc(Oc2ccccc2)cc1)OCCOc1ccccc1. The molecule has 0 spiro atoms. The first-order valence-electron chi connectivity index (χ1n) is 9.15. The molecule has 3 aromatic carbocycles. The number of ether oxygens (including phenoxy) is 3. The van der Waals surface area contributed by atoms with Crippen LogP contribution in [-0.2, 0) is 9.53 Å². The van der Waals surface area contributed by atoms with Crippen molar-refractivity contribution in [3.8, 4) is 17.2 Å². The molecule has 29 heavy (non-hydrogen) atoms. The molecule has 6 nitrogen and oxygen atoms in total. The van der Waals surface area contributed by atoms with E-state index in [1.165, 1.54) is 0 Å². The van der Waals surface area contributed by atoms with Gasteiger partial charge < -0.3 is 19.5 Å². The second-order valence-corrected chi connectivity index (χ2v) is 6.00. The molecule has 1 amide bonds. The molecule has 6 heteroatoms. The van der Waals surface area contributed by atoms with E-state index in [2.05, 4.69) is 5.32 Å². The molecule has 0 radical (unpaired) electrons. The van der Waals surface area contributed by atoms with Crippen molar-refractivity contribution in [2.24, 2.45) is 0 Å². The normalized spacial score (nSPS) is 10.1. The highest BCUT2D eigenvalue weighted by Crippen LogP contribution is 2.21. The van der Waals surface area contributed by atoms with Gasteiger partial charge in [-0.2, -0.15) is 0 Å². The predicted octanol–water partition coefficient (Wildman–Crippen LogP) is 3.83. The number of carbonyl (C=O) groups excluding carboxylic acids is 2. The minimum Gasteiger partial charge on any atom is -0.490 e. The van der Waals surface area contributed by atoms with Crippen LogP contribution in [0.2, 0.25) is 0 Å². The van der Waals surface area contributed by atoms with E-state index < -0.39 is 5.97 Å². The lowest BCUT2D eigenvalue weighted by Crippen LogP contribution is -2.31. The molecule has 0 aromatic heterocycles. The standard InChI is InChI=1S/C23H21NO5/c25-22(28-16-15-27-19-7-3-1-4-8-19)17-24-23(26)18-11-13-21(14-12-18)29-20-9-5-2-6-10-20/h1-14H,15-17H2,(H,24,26). The van der Waals surface area contributed by atoms with Crippen molar-refractivity contribution in [2.45, 2.75) is 0 Å². The number of carbonyl (C=O) groups is 2. The zero-order chi connectivity index (χ0) is 20.3. The summed E-state index contributed by atoms with van der Waals surface area (Å²) in [6, 6.07) is 25.2. The third-order valence-electron chi connectivity index (χ3n) is 3.85. The molecule has 0 unspecified atom stereocenters. The Balaban J connectivity index is 1.36. The van der Waals surface area contributed by atoms with E-state index >= 15 is 0 Å². The Bertz CT molecular complexity index is 911. The van der Waals surface area contributed by atoms with Gasteiger partial charge >= 0.3 is 5.97 Å². The van der Waals surface area contributed by atoms with Gasteiger partial charge in [-0.05, 0) is 48.5 Å². The first-order chi connectivity index (χ1) is 14.2. The van der Waals surface area contributed by atoms with E-state index in [0.29, 0.717) is 22.8 Å². The lowest BCUT2D eigenvalue weighted by Gasteiger charge is -2.09. The van der Waals surface area contributed by atoms with Crippen LogP contribution in [0.1, 0.15) is 10.4 Å². The molecule has 0 aliphatic heterocycles. The minimum atomic E-state index is -0.529. The number of hydrogen-bond donors (Lipinski definition) is 1. The number of esters is 1. The largest absolute Gasteiger partial charge is 0.490 e. The average Bonchev–Trinajstić information content (AvgIpc) is 2.77. The molecule has 0 heterocycles. The predicted molar refractivity (Wildman–Crippen MR) is 108 cm³/mol. The molecular weight excluding hydrogens is 370 g/mol. The summed E-state index contributed by atoms with van der Waals surface area (Å²) in [7, 11) is 0. The highest BCUT2D eigenvalue weighted by atomic mass is 16.6. The van der Waals surface area contributed by atoms with Crippen LogP contribution in [0.4, 0.5) is 0 Å². The lowest BCUT2D eigenvalue weighted by molar-refractivity contribution is -0.143. The van der Waals surface area contributed by atoms with Crippen molar-refractivity contribution in [1.82, 2.24) is 5.32 Å². The van der Waals surface area contributed by atoms with Gasteiger partial charge in [0.1, 0.15) is 37.0 Å². The Morgan fingerprint density at radius 1 is 0.690 bits per heavy atom. The molecule has 1 N–H and O–H groups in total. The molecule has 0 atom stereocenters. The first kappa shape index (κ1) is 19.9. The van der Waals surface area contributed by atoms with Crippen LogP contribution in [0.5, 0.6) is 17.2 Å². The minimum absolute atomic E-state index is 0.106. The lowest BCUT2D eigenvalue weighted by atomic mass is 10.2. The van der Waals surface area contributed by atoms with Crippen molar-refractivity contribution in [1.29, 1.82) is 0 Å². The summed E-state index contributed by atoms with van der Waals surface area (Å²) >= 11 is 0. The molecule has 0 aliphatic carbocycles. The summed E-state index contributed by atoms with van der Waals surface area (Å²) in [5.41, 5.74) is 0.422. The highest BCUT2D eigenvalue weighted by Gasteiger charge is 2.09. The van der Waals surface area contributed by atoms with Gasteiger partial charge in [-0.1, -0.05) is 36.4 Å². The van der Waals surface area contributed by atoms with Crippen molar-refractivity contribution in [3.05, 3.63) is 90.5 Å². The molecule has 0 aliphatic rings. The summed E-state index contributed by atoms with van der Waals surface area (Å²) in [4.78, 5) is 23.9. The van der Waals surface area contributed by atoms with Gasteiger partial charge in [0.05, 0.1) is 0 Å². The van der Waals surface area contributed by atoms with Crippen LogP contribution in [-0.4, -0.2) is 31.6 Å². The zero-order valence-corrected chi connectivity index (χ0v) is 15.7. The molecule has 0 fully saturated rings. The monoisotopic (exact) mass is 391 g/mol. The Hall–Kier alpha value is -3.80. The van der Waals surface area contributed by atoms with Crippen LogP contribution in [0, 0.1) is 0 Å². The molecule has 3 aromatic rings. The fourth-order valence-corrected chi connectivity index (χ4v) is 2.44. The van der Waals surface area contributed by atoms with E-state index in [0.717, 1.165) is 0 Å². The van der Waals surface area contributed by atoms with Gasteiger partial charge in [-0.3, -0.25) is 9.59 Å². The molecule has 0 saturated heterocycles. The maximum Gasteiger partial charge on any atom is 0.325 e.